The van der Waals surface area contributed by atoms with Crippen LogP contribution in [-0.2, 0) is 9.53 Å². The largest absolute Gasteiger partial charge is 0.462 e. The van der Waals surface area contributed by atoms with Crippen molar-refractivity contribution in [1.82, 2.24) is 15.6 Å². The van der Waals surface area contributed by atoms with Gasteiger partial charge in [0.05, 0.1) is 12.3 Å². The highest BCUT2D eigenvalue weighted by atomic mass is 32.1. The normalized spacial score (nSPS) is 22.2. The molecule has 1 aliphatic heterocycles. The van der Waals surface area contributed by atoms with Crippen LogP contribution in [0.25, 0.3) is 0 Å². The molecule has 0 bridgehead atoms. The minimum absolute atomic E-state index is 0.0207. The van der Waals surface area contributed by atoms with Gasteiger partial charge < -0.3 is 15.4 Å². The monoisotopic (exact) mass is 298 g/mol. The first-order valence-electron chi connectivity index (χ1n) is 6.46. The SMILES string of the molecule is CCOC(=O)c1sc(NC2NC(=O)CC(C)N2)nc1C. The summed E-state index contributed by atoms with van der Waals surface area (Å²) < 4.78 is 4.96. The van der Waals surface area contributed by atoms with Crippen molar-refractivity contribution >= 4 is 28.3 Å². The van der Waals surface area contributed by atoms with Crippen LogP contribution in [-0.4, -0.2) is 35.8 Å². The molecule has 0 radical (unpaired) electrons. The van der Waals surface area contributed by atoms with Gasteiger partial charge >= 0.3 is 5.97 Å². The van der Waals surface area contributed by atoms with Gasteiger partial charge in [-0.15, -0.1) is 0 Å². The molecular formula is C12H18N4O3S. The van der Waals surface area contributed by atoms with Crippen molar-refractivity contribution in [3.05, 3.63) is 10.6 Å². The summed E-state index contributed by atoms with van der Waals surface area (Å²) in [6.45, 7) is 5.78. The van der Waals surface area contributed by atoms with Crippen LogP contribution in [0.1, 0.15) is 35.6 Å². The summed E-state index contributed by atoms with van der Waals surface area (Å²) in [5, 5.41) is 9.58. The Morgan fingerprint density at radius 3 is 3.00 bits per heavy atom. The van der Waals surface area contributed by atoms with Crippen LogP contribution in [0.3, 0.4) is 0 Å². The van der Waals surface area contributed by atoms with Gasteiger partial charge in [-0.2, -0.15) is 0 Å². The van der Waals surface area contributed by atoms with Gasteiger partial charge in [0.2, 0.25) is 5.91 Å². The molecule has 2 heterocycles. The van der Waals surface area contributed by atoms with Gasteiger partial charge in [-0.1, -0.05) is 11.3 Å². The van der Waals surface area contributed by atoms with Crippen LogP contribution in [0, 0.1) is 6.92 Å². The molecule has 3 N–H and O–H groups in total. The molecule has 20 heavy (non-hydrogen) atoms. The van der Waals surface area contributed by atoms with Crippen molar-refractivity contribution in [2.75, 3.05) is 11.9 Å². The Morgan fingerprint density at radius 1 is 1.60 bits per heavy atom. The number of ether oxygens (including phenoxy) is 1. The molecule has 8 heteroatoms. The van der Waals surface area contributed by atoms with Crippen LogP contribution >= 0.6 is 11.3 Å². The minimum atomic E-state index is -0.383. The van der Waals surface area contributed by atoms with Crippen LogP contribution in [0.2, 0.25) is 0 Å². The van der Waals surface area contributed by atoms with E-state index in [-0.39, 0.29) is 24.2 Å². The molecule has 0 spiro atoms. The number of nitrogens with one attached hydrogen (secondary N) is 3. The van der Waals surface area contributed by atoms with E-state index in [1.54, 1.807) is 13.8 Å². The number of carbonyl (C=O) groups is 2. The quantitative estimate of drug-likeness (QED) is 0.713. The van der Waals surface area contributed by atoms with E-state index in [4.69, 9.17) is 4.74 Å². The molecule has 1 aromatic rings. The third-order valence-electron chi connectivity index (χ3n) is 2.77. The van der Waals surface area contributed by atoms with Crippen LogP contribution in [0.5, 0.6) is 0 Å². The number of hydrogen-bond donors (Lipinski definition) is 3. The standard InChI is InChI=1S/C12H18N4O3S/c1-4-19-10(18)9-7(3)14-12(20-9)16-11-13-6(2)5-8(17)15-11/h6,11,13H,4-5H2,1-3H3,(H,14,16)(H,15,17). The Kier molecular flexibility index (Phi) is 4.56. The Morgan fingerprint density at radius 2 is 2.35 bits per heavy atom. The summed E-state index contributed by atoms with van der Waals surface area (Å²) >= 11 is 1.22. The maximum atomic E-state index is 11.7. The highest BCUT2D eigenvalue weighted by molar-refractivity contribution is 7.17. The van der Waals surface area contributed by atoms with Crippen molar-refractivity contribution in [3.63, 3.8) is 0 Å². The first-order valence-corrected chi connectivity index (χ1v) is 7.27. The number of anilines is 1. The summed E-state index contributed by atoms with van der Waals surface area (Å²) in [4.78, 5) is 27.9. The van der Waals surface area contributed by atoms with E-state index in [1.165, 1.54) is 11.3 Å². The number of aryl methyl sites for hydroxylation is 1. The zero-order valence-electron chi connectivity index (χ0n) is 11.6. The molecule has 2 rings (SSSR count). The zero-order valence-corrected chi connectivity index (χ0v) is 12.5. The van der Waals surface area contributed by atoms with Crippen molar-refractivity contribution < 1.29 is 14.3 Å². The van der Waals surface area contributed by atoms with Crippen molar-refractivity contribution in [2.24, 2.45) is 0 Å². The topological polar surface area (TPSA) is 92.4 Å². The molecule has 2 unspecified atom stereocenters. The first-order chi connectivity index (χ1) is 9.49. The van der Waals surface area contributed by atoms with E-state index in [9.17, 15) is 9.59 Å². The summed E-state index contributed by atoms with van der Waals surface area (Å²) in [7, 11) is 0. The summed E-state index contributed by atoms with van der Waals surface area (Å²) in [5.74, 6) is -0.391. The lowest BCUT2D eigenvalue weighted by atomic mass is 10.2. The highest BCUT2D eigenvalue weighted by Crippen LogP contribution is 2.23. The molecule has 0 aliphatic carbocycles. The van der Waals surface area contributed by atoms with E-state index in [0.29, 0.717) is 28.7 Å². The van der Waals surface area contributed by atoms with Gasteiger partial charge in [-0.05, 0) is 20.8 Å². The van der Waals surface area contributed by atoms with E-state index in [1.807, 2.05) is 6.92 Å². The average Bonchev–Trinajstić information content (AvgIpc) is 2.69. The lowest BCUT2D eigenvalue weighted by Gasteiger charge is -2.29. The molecular weight excluding hydrogens is 280 g/mol. The number of carbonyl (C=O) groups excluding carboxylic acids is 2. The lowest BCUT2D eigenvalue weighted by Crippen LogP contribution is -2.59. The molecule has 7 nitrogen and oxygen atoms in total. The fourth-order valence-corrected chi connectivity index (χ4v) is 2.82. The maximum absolute atomic E-state index is 11.7. The summed E-state index contributed by atoms with van der Waals surface area (Å²) in [5.41, 5.74) is 0.617. The van der Waals surface area contributed by atoms with Crippen molar-refractivity contribution in [1.29, 1.82) is 0 Å². The second-order valence-corrected chi connectivity index (χ2v) is 5.57. The molecule has 1 aromatic heterocycles. The van der Waals surface area contributed by atoms with Crippen LogP contribution in [0.15, 0.2) is 0 Å². The highest BCUT2D eigenvalue weighted by Gasteiger charge is 2.24. The number of thiazole rings is 1. The van der Waals surface area contributed by atoms with Gasteiger partial charge in [0.15, 0.2) is 11.4 Å². The fraction of sp³-hybridized carbons (Fsp3) is 0.583. The third-order valence-corrected chi connectivity index (χ3v) is 3.84. The lowest BCUT2D eigenvalue weighted by molar-refractivity contribution is -0.123. The minimum Gasteiger partial charge on any atom is -0.462 e. The first kappa shape index (κ1) is 14.7. The molecule has 1 saturated heterocycles. The van der Waals surface area contributed by atoms with Crippen molar-refractivity contribution in [2.45, 2.75) is 39.5 Å². The number of esters is 1. The Bertz CT molecular complexity index is 517. The number of aromatic nitrogens is 1. The summed E-state index contributed by atoms with van der Waals surface area (Å²) in [6.07, 6.45) is 0.0650. The van der Waals surface area contributed by atoms with E-state index in [0.717, 1.165) is 0 Å². The number of amides is 1. The Hall–Kier alpha value is -1.67. The molecule has 1 fully saturated rings. The average molecular weight is 298 g/mol. The van der Waals surface area contributed by atoms with Crippen molar-refractivity contribution in [3.8, 4) is 0 Å². The number of nitrogens with zero attached hydrogens (tertiary/aromatic N) is 1. The zero-order chi connectivity index (χ0) is 14.7. The predicted molar refractivity (Wildman–Crippen MR) is 75.6 cm³/mol. The smallest absolute Gasteiger partial charge is 0.350 e. The number of rotatable bonds is 4. The molecule has 1 amide bonds. The molecule has 110 valence electrons. The van der Waals surface area contributed by atoms with Gasteiger partial charge in [-0.3, -0.25) is 10.1 Å². The molecule has 2 atom stereocenters. The Labute approximate surface area is 121 Å². The fourth-order valence-electron chi connectivity index (χ4n) is 1.93. The van der Waals surface area contributed by atoms with Crippen LogP contribution in [0.4, 0.5) is 5.13 Å². The van der Waals surface area contributed by atoms with E-state index in [2.05, 4.69) is 20.9 Å². The molecule has 0 aromatic carbocycles. The van der Waals surface area contributed by atoms with Crippen LogP contribution < -0.4 is 16.0 Å². The molecule has 0 saturated carbocycles. The second-order valence-electron chi connectivity index (χ2n) is 4.57. The van der Waals surface area contributed by atoms with E-state index >= 15 is 0 Å². The number of hydrogen-bond acceptors (Lipinski definition) is 7. The van der Waals surface area contributed by atoms with Gasteiger partial charge in [-0.25, -0.2) is 9.78 Å². The van der Waals surface area contributed by atoms with Gasteiger partial charge in [0, 0.05) is 12.5 Å². The van der Waals surface area contributed by atoms with Gasteiger partial charge in [0.25, 0.3) is 0 Å². The maximum Gasteiger partial charge on any atom is 0.350 e. The summed E-state index contributed by atoms with van der Waals surface area (Å²) in [6, 6.07) is 0.0897. The molecule has 1 aliphatic rings. The third kappa shape index (κ3) is 3.45. The van der Waals surface area contributed by atoms with Gasteiger partial charge in [0.1, 0.15) is 4.88 Å². The second kappa shape index (κ2) is 6.19. The predicted octanol–water partition coefficient (Wildman–Crippen LogP) is 0.822. The Balaban J connectivity index is 2.05. The van der Waals surface area contributed by atoms with E-state index < -0.39 is 0 Å².